The number of nitrogens with one attached hydrogen (secondary N) is 4. The van der Waals surface area contributed by atoms with Crippen LogP contribution in [0.4, 0.5) is 0 Å². The molecule has 82 heavy (non-hydrogen) atoms. The van der Waals surface area contributed by atoms with Crippen molar-refractivity contribution in [3.63, 3.8) is 0 Å². The number of aliphatic hydroxyl groups is 1. The molecule has 5 N–H and O–H groups in total. The number of rotatable bonds is 12. The van der Waals surface area contributed by atoms with E-state index in [1.165, 1.54) is 84.8 Å². The summed E-state index contributed by atoms with van der Waals surface area (Å²) < 4.78 is 0. The average molecular weight is 1150 g/mol. The summed E-state index contributed by atoms with van der Waals surface area (Å²) in [5.74, 6) is -9.24. The summed E-state index contributed by atoms with van der Waals surface area (Å²) in [6.45, 7) is 19.1. The van der Waals surface area contributed by atoms with E-state index in [2.05, 4.69) is 21.3 Å². The number of amides is 11. The first-order valence-corrected chi connectivity index (χ1v) is 28.5. The molecule has 0 aromatic heterocycles. The van der Waals surface area contributed by atoms with Gasteiger partial charge in [-0.15, -0.1) is 0 Å². The van der Waals surface area contributed by atoms with Gasteiger partial charge < -0.3 is 60.7 Å². The summed E-state index contributed by atoms with van der Waals surface area (Å²) in [7, 11) is 9.71. The number of hydrogen-bond acceptors (Lipinski definition) is 12. The second-order valence-electron chi connectivity index (χ2n) is 23.3. The minimum absolute atomic E-state index is 0.00388. The van der Waals surface area contributed by atoms with E-state index in [0.29, 0.717) is 12.0 Å². The average Bonchev–Trinajstić information content (AvgIpc) is 3.61. The monoisotopic (exact) mass is 1150 g/mol. The summed E-state index contributed by atoms with van der Waals surface area (Å²) in [5, 5.41) is 22.6. The molecule has 2 rings (SSSR count). The quantitative estimate of drug-likeness (QED) is 0.186. The lowest BCUT2D eigenvalue weighted by Crippen LogP contribution is -2.63. The molecule has 1 aliphatic heterocycles. The molecule has 11 atom stereocenters. The normalized spacial score (nSPS) is 26.3. The molecule has 0 radical (unpaired) electrons. The van der Waals surface area contributed by atoms with Gasteiger partial charge in [0.15, 0.2) is 0 Å². The Labute approximate surface area is 486 Å². The van der Waals surface area contributed by atoms with Crippen LogP contribution in [0.25, 0.3) is 0 Å². The topological polar surface area (TPSA) is 279 Å². The smallest absolute Gasteiger partial charge is 0.246 e. The fourth-order valence-corrected chi connectivity index (χ4v) is 9.99. The van der Waals surface area contributed by atoms with Crippen LogP contribution in [0, 0.1) is 23.7 Å². The van der Waals surface area contributed by atoms with Crippen LogP contribution in [0.2, 0.25) is 0 Å². The Morgan fingerprint density at radius 2 is 1.02 bits per heavy atom. The molecule has 0 spiro atoms. The minimum atomic E-state index is -1.62. The lowest BCUT2D eigenvalue weighted by molar-refractivity contribution is -0.157. The first-order valence-electron chi connectivity index (χ1n) is 28.5. The van der Waals surface area contributed by atoms with E-state index in [4.69, 9.17) is 0 Å². The van der Waals surface area contributed by atoms with Crippen molar-refractivity contribution in [1.29, 1.82) is 0 Å². The molecule has 0 bridgehead atoms. The zero-order valence-corrected chi connectivity index (χ0v) is 52.1. The summed E-state index contributed by atoms with van der Waals surface area (Å²) in [4.78, 5) is 165. The first kappa shape index (κ1) is 71.2. The van der Waals surface area contributed by atoms with E-state index in [1.54, 1.807) is 77.1 Å². The third-order valence-corrected chi connectivity index (χ3v) is 15.1. The van der Waals surface area contributed by atoms with Crippen LogP contribution in [0.15, 0.2) is 42.5 Å². The molecule has 1 aliphatic rings. The molecule has 1 saturated heterocycles. The highest BCUT2D eigenvalue weighted by molar-refractivity contribution is 5.99. The van der Waals surface area contributed by atoms with Crippen molar-refractivity contribution >= 4 is 65.0 Å². The van der Waals surface area contributed by atoms with E-state index in [-0.39, 0.29) is 37.5 Å². The largest absolute Gasteiger partial charge is 0.390 e. The Kier molecular flexibility index (Phi) is 28.4. The fraction of sp³-hybridized carbons (Fsp3) is 0.678. The fourth-order valence-electron chi connectivity index (χ4n) is 9.99. The molecule has 23 heteroatoms. The second kappa shape index (κ2) is 32.7. The number of aliphatic hydroxyl groups excluding tert-OH is 1. The molecule has 11 amide bonds. The predicted molar refractivity (Wildman–Crippen MR) is 312 cm³/mol. The second-order valence-corrected chi connectivity index (χ2v) is 23.3. The molecule has 23 nitrogen and oxygen atoms in total. The zero-order valence-electron chi connectivity index (χ0n) is 52.1. The van der Waals surface area contributed by atoms with Gasteiger partial charge in [0, 0.05) is 55.8 Å². The maximum Gasteiger partial charge on any atom is 0.246 e. The maximum atomic E-state index is 15.1. The number of carbonyl (C=O) groups excluding carboxylic acids is 11. The molecule has 460 valence electrons. The molecule has 0 saturated carbocycles. The van der Waals surface area contributed by atoms with Crippen molar-refractivity contribution < 1.29 is 57.8 Å². The summed E-state index contributed by atoms with van der Waals surface area (Å²) in [6, 6.07) is -2.51. The third-order valence-electron chi connectivity index (χ3n) is 15.1. The van der Waals surface area contributed by atoms with Crippen molar-refractivity contribution in [3.8, 4) is 0 Å². The Balaban J connectivity index is 2.87. The Hall–Kier alpha value is -6.91. The van der Waals surface area contributed by atoms with Crippen molar-refractivity contribution in [2.24, 2.45) is 23.7 Å². The van der Waals surface area contributed by atoms with Gasteiger partial charge in [-0.05, 0) is 82.6 Å². The highest BCUT2D eigenvalue weighted by atomic mass is 16.3. The first-order chi connectivity index (χ1) is 38.1. The van der Waals surface area contributed by atoms with Crippen LogP contribution in [0.5, 0.6) is 0 Å². The Bertz CT molecular complexity index is 2420. The van der Waals surface area contributed by atoms with Gasteiger partial charge >= 0.3 is 0 Å². The van der Waals surface area contributed by atoms with Crippen LogP contribution in [-0.2, 0) is 59.2 Å². The van der Waals surface area contributed by atoms with E-state index in [1.807, 2.05) is 27.7 Å². The van der Waals surface area contributed by atoms with Gasteiger partial charge in [-0.1, -0.05) is 97.9 Å². The maximum absolute atomic E-state index is 15.1. The van der Waals surface area contributed by atoms with Crippen LogP contribution < -0.4 is 21.3 Å². The van der Waals surface area contributed by atoms with Gasteiger partial charge in [-0.2, -0.15) is 0 Å². The van der Waals surface area contributed by atoms with Gasteiger partial charge in [0.1, 0.15) is 54.4 Å². The Morgan fingerprint density at radius 1 is 0.537 bits per heavy atom. The number of carbonyl (C=O) groups is 11. The summed E-state index contributed by atoms with van der Waals surface area (Å²) in [6.07, 6.45) is 2.69. The van der Waals surface area contributed by atoms with Crippen LogP contribution in [0.3, 0.4) is 0 Å². The van der Waals surface area contributed by atoms with Gasteiger partial charge in [0.2, 0.25) is 65.0 Å². The molecule has 0 unspecified atom stereocenters. The number of benzene rings is 1. The zero-order chi connectivity index (χ0) is 62.8. The highest BCUT2D eigenvalue weighted by Crippen LogP contribution is 2.25. The van der Waals surface area contributed by atoms with E-state index >= 15 is 9.59 Å². The van der Waals surface area contributed by atoms with Crippen LogP contribution in [0.1, 0.15) is 114 Å². The number of allylic oxidation sites excluding steroid dienone is 2. The lowest BCUT2D eigenvalue weighted by atomic mass is 9.91. The van der Waals surface area contributed by atoms with E-state index in [0.717, 1.165) is 19.6 Å². The van der Waals surface area contributed by atoms with Gasteiger partial charge in [-0.3, -0.25) is 52.7 Å². The molecule has 0 aliphatic carbocycles. The van der Waals surface area contributed by atoms with Gasteiger partial charge in [0.05, 0.1) is 19.2 Å². The standard InChI is InChI=1S/C59H97N11O12/c1-20-22-26-37(9)50(73)49-53(76)63-42(21-2)56(79)65(14)33-47(72)66(15)43(31-41-27-24-23-25-28-41)52(75)62-39(11)54(77)64(13)32-46(71)60-38(10)51(74)61-40(12)55(78)67(16)44(29-34(3)4)57(80)68(17)45(30-35(5)6)58(81)69(18)48(36(7)8)59(82)70(49)19/h20,22-25,27-28,34-40,42-45,48-50,73H,21,26,29-33H2,1-19H3,(H,60,71)(H,61,74)(H,62,75)(H,63,76)/b22-20+/t37-,38+,39+,40-,42+,43+,44+,45-,48+,49+,50-/m1/s1. The van der Waals surface area contributed by atoms with Gasteiger partial charge in [-0.25, -0.2) is 0 Å². The predicted octanol–water partition coefficient (Wildman–Crippen LogP) is 1.41. The molecular weight excluding hydrogens is 1050 g/mol. The molecular formula is C59H97N11O12. The van der Waals surface area contributed by atoms with Crippen LogP contribution in [-0.4, -0.2) is 227 Å². The summed E-state index contributed by atoms with van der Waals surface area (Å²) >= 11 is 0. The Morgan fingerprint density at radius 3 is 1.54 bits per heavy atom. The van der Waals surface area contributed by atoms with Crippen molar-refractivity contribution in [2.45, 2.75) is 176 Å². The molecule has 1 aromatic rings. The third kappa shape index (κ3) is 19.6. The lowest BCUT2D eigenvalue weighted by Gasteiger charge is -2.41. The van der Waals surface area contributed by atoms with E-state index < -0.39 is 150 Å². The van der Waals surface area contributed by atoms with Crippen molar-refractivity contribution in [3.05, 3.63) is 48.0 Å². The molecule has 1 aromatic carbocycles. The van der Waals surface area contributed by atoms with Gasteiger partial charge in [0.25, 0.3) is 0 Å². The molecule has 1 heterocycles. The van der Waals surface area contributed by atoms with E-state index in [9.17, 15) is 48.3 Å². The highest BCUT2D eigenvalue weighted by Gasteiger charge is 2.45. The minimum Gasteiger partial charge on any atom is -0.390 e. The van der Waals surface area contributed by atoms with Crippen molar-refractivity contribution in [2.75, 3.05) is 62.4 Å². The SMILES string of the molecule is C/C=C/C[C@@H](C)[C@@H](O)[C@H]1C(=O)N[C@@H](CC)C(=O)N(C)CC(=O)N(C)[C@@H](Cc2ccccc2)C(=O)N[C@@H](C)C(=O)N(C)CC(=O)N[C@@H](C)C(=O)N[C@H](C)C(=O)N(C)[C@@H](CC(C)C)C(=O)N(C)[C@H](CC(C)C)C(=O)N(C)[C@@H](C(C)C)C(=O)N1C. The summed E-state index contributed by atoms with van der Waals surface area (Å²) in [5.41, 5.74) is 0.669. The number of hydrogen-bond donors (Lipinski definition) is 5. The number of nitrogens with zero attached hydrogens (tertiary/aromatic N) is 7. The number of likely N-dealkylation sites (N-methyl/N-ethyl adjacent to an activating group) is 7. The van der Waals surface area contributed by atoms with Crippen LogP contribution >= 0.6 is 0 Å². The van der Waals surface area contributed by atoms with Crippen molar-refractivity contribution in [1.82, 2.24) is 55.6 Å². The molecule has 1 fully saturated rings.